The van der Waals surface area contributed by atoms with Crippen molar-refractivity contribution >= 4 is 23.4 Å². The van der Waals surface area contributed by atoms with Crippen molar-refractivity contribution in [1.82, 2.24) is 4.90 Å². The summed E-state index contributed by atoms with van der Waals surface area (Å²) in [6, 6.07) is 22.1. The lowest BCUT2D eigenvalue weighted by atomic mass is 10.0. The van der Waals surface area contributed by atoms with E-state index < -0.39 is 5.97 Å². The quantitative estimate of drug-likeness (QED) is 0.238. The molecule has 0 aliphatic carbocycles. The average molecular weight is 522 g/mol. The van der Waals surface area contributed by atoms with Gasteiger partial charge in [-0.2, -0.15) is 0 Å². The molecule has 0 saturated carbocycles. The maximum absolute atomic E-state index is 13.2. The minimum absolute atomic E-state index is 0.0191. The fraction of sp³-hybridized carbons (Fsp3) is 0.333. The van der Waals surface area contributed by atoms with Crippen molar-refractivity contribution in [3.05, 3.63) is 100 Å². The molecule has 1 N–H and O–H groups in total. The number of Topliss-reactive ketones (excluding diaryl/α,β-unsaturated/α-hetero) is 1. The SMILES string of the molecule is COC(=O)c1cc(C(=O)CN(CCCC2CCC(c3ccccc3Cl)O2)Cc2ccccc2)ccc1O. The molecular weight excluding hydrogens is 490 g/mol. The first-order chi connectivity index (χ1) is 17.9. The fourth-order valence-corrected chi connectivity index (χ4v) is 5.02. The molecule has 37 heavy (non-hydrogen) atoms. The molecule has 2 atom stereocenters. The molecule has 7 heteroatoms. The molecule has 3 aromatic rings. The van der Waals surface area contributed by atoms with Crippen LogP contribution in [0.4, 0.5) is 0 Å². The lowest BCUT2D eigenvalue weighted by Crippen LogP contribution is -2.31. The summed E-state index contributed by atoms with van der Waals surface area (Å²) in [6.07, 6.45) is 3.89. The first-order valence-electron chi connectivity index (χ1n) is 12.5. The topological polar surface area (TPSA) is 76.1 Å². The molecule has 4 rings (SSSR count). The van der Waals surface area contributed by atoms with Crippen molar-refractivity contribution < 1.29 is 24.2 Å². The Hall–Kier alpha value is -3.19. The van der Waals surface area contributed by atoms with Crippen LogP contribution in [0.3, 0.4) is 0 Å². The number of benzene rings is 3. The number of carbonyl (C=O) groups is 2. The zero-order valence-electron chi connectivity index (χ0n) is 20.9. The summed E-state index contributed by atoms with van der Waals surface area (Å²) in [5.74, 6) is -1.02. The molecule has 0 spiro atoms. The summed E-state index contributed by atoms with van der Waals surface area (Å²) in [7, 11) is 1.24. The Balaban J connectivity index is 1.38. The second-order valence-electron chi connectivity index (χ2n) is 9.33. The molecule has 1 heterocycles. The molecule has 0 bridgehead atoms. The number of hydrogen-bond donors (Lipinski definition) is 1. The lowest BCUT2D eigenvalue weighted by Gasteiger charge is -2.23. The third-order valence-corrected chi connectivity index (χ3v) is 7.04. The predicted octanol–water partition coefficient (Wildman–Crippen LogP) is 6.22. The van der Waals surface area contributed by atoms with Gasteiger partial charge in [-0.25, -0.2) is 4.79 Å². The van der Waals surface area contributed by atoms with E-state index in [-0.39, 0.29) is 35.8 Å². The number of aromatic hydroxyl groups is 1. The molecule has 1 saturated heterocycles. The van der Waals surface area contributed by atoms with Crippen LogP contribution in [-0.4, -0.2) is 48.1 Å². The number of hydrogen-bond acceptors (Lipinski definition) is 6. The van der Waals surface area contributed by atoms with Gasteiger partial charge in [0.15, 0.2) is 5.78 Å². The van der Waals surface area contributed by atoms with E-state index >= 15 is 0 Å². The summed E-state index contributed by atoms with van der Waals surface area (Å²) >= 11 is 6.36. The number of methoxy groups -OCH3 is 1. The van der Waals surface area contributed by atoms with E-state index in [0.717, 1.165) is 48.4 Å². The summed E-state index contributed by atoms with van der Waals surface area (Å²) in [5.41, 5.74) is 2.50. The molecule has 0 aromatic heterocycles. The Morgan fingerprint density at radius 3 is 2.57 bits per heavy atom. The zero-order chi connectivity index (χ0) is 26.2. The van der Waals surface area contributed by atoms with Crippen LogP contribution in [0.5, 0.6) is 5.75 Å². The molecule has 1 fully saturated rings. The Bertz CT molecular complexity index is 1220. The standard InChI is InChI=1S/C30H32ClNO5/c1-36-30(35)25-18-22(13-15-27(25)33)28(34)20-32(19-21-8-3-2-4-9-21)17-7-10-23-14-16-29(37-23)24-11-5-6-12-26(24)31/h2-6,8-9,11-13,15,18,23,29,33H,7,10,14,16-17,19-20H2,1H3. The van der Waals surface area contributed by atoms with E-state index in [1.165, 1.54) is 25.3 Å². The Kier molecular flexibility index (Phi) is 9.34. The summed E-state index contributed by atoms with van der Waals surface area (Å²) in [5, 5.41) is 10.7. The number of nitrogens with zero attached hydrogens (tertiary/aromatic N) is 1. The largest absolute Gasteiger partial charge is 0.507 e. The van der Waals surface area contributed by atoms with E-state index in [9.17, 15) is 14.7 Å². The maximum atomic E-state index is 13.2. The predicted molar refractivity (Wildman–Crippen MR) is 143 cm³/mol. The van der Waals surface area contributed by atoms with Crippen LogP contribution < -0.4 is 0 Å². The van der Waals surface area contributed by atoms with Gasteiger partial charge in [0.25, 0.3) is 0 Å². The number of halogens is 1. The van der Waals surface area contributed by atoms with Gasteiger partial charge in [-0.3, -0.25) is 9.69 Å². The second-order valence-corrected chi connectivity index (χ2v) is 9.74. The Morgan fingerprint density at radius 1 is 1.05 bits per heavy atom. The number of phenolic OH excluding ortho intramolecular Hbond substituents is 1. The molecule has 0 radical (unpaired) electrons. The number of phenols is 1. The Labute approximate surface area is 222 Å². The minimum Gasteiger partial charge on any atom is -0.507 e. The molecule has 0 amide bonds. The van der Waals surface area contributed by atoms with Crippen molar-refractivity contribution in [3.8, 4) is 5.75 Å². The monoisotopic (exact) mass is 521 g/mol. The summed E-state index contributed by atoms with van der Waals surface area (Å²) < 4.78 is 11.0. The third kappa shape index (κ3) is 7.19. The van der Waals surface area contributed by atoms with E-state index in [1.54, 1.807) is 0 Å². The van der Waals surface area contributed by atoms with Gasteiger partial charge in [0.05, 0.1) is 25.9 Å². The van der Waals surface area contributed by atoms with Crippen LogP contribution in [0, 0.1) is 0 Å². The van der Waals surface area contributed by atoms with Crippen molar-refractivity contribution in [2.24, 2.45) is 0 Å². The van der Waals surface area contributed by atoms with Gasteiger partial charge in [0.2, 0.25) is 0 Å². The van der Waals surface area contributed by atoms with E-state index in [0.29, 0.717) is 12.1 Å². The van der Waals surface area contributed by atoms with E-state index in [1.807, 2.05) is 54.6 Å². The molecular formula is C30H32ClNO5. The first kappa shape index (κ1) is 26.9. The van der Waals surface area contributed by atoms with Gasteiger partial charge in [-0.1, -0.05) is 60.1 Å². The molecule has 6 nitrogen and oxygen atoms in total. The first-order valence-corrected chi connectivity index (χ1v) is 12.9. The van der Waals surface area contributed by atoms with E-state index in [2.05, 4.69) is 4.90 Å². The van der Waals surface area contributed by atoms with Crippen molar-refractivity contribution in [3.63, 3.8) is 0 Å². The van der Waals surface area contributed by atoms with Crippen LogP contribution in [0.25, 0.3) is 0 Å². The number of carbonyl (C=O) groups excluding carboxylic acids is 2. The van der Waals surface area contributed by atoms with Gasteiger partial charge < -0.3 is 14.6 Å². The highest BCUT2D eigenvalue weighted by Gasteiger charge is 2.27. The lowest BCUT2D eigenvalue weighted by molar-refractivity contribution is 0.0372. The van der Waals surface area contributed by atoms with E-state index in [4.69, 9.17) is 21.1 Å². The van der Waals surface area contributed by atoms with Gasteiger partial charge in [-0.15, -0.1) is 0 Å². The average Bonchev–Trinajstić information content (AvgIpc) is 3.38. The van der Waals surface area contributed by atoms with Gasteiger partial charge >= 0.3 is 5.97 Å². The third-order valence-electron chi connectivity index (χ3n) is 6.70. The molecule has 1 aliphatic heterocycles. The molecule has 194 valence electrons. The highest BCUT2D eigenvalue weighted by Crippen LogP contribution is 2.37. The minimum atomic E-state index is -0.681. The van der Waals surface area contributed by atoms with Crippen LogP contribution in [0.2, 0.25) is 5.02 Å². The number of ether oxygens (including phenoxy) is 2. The highest BCUT2D eigenvalue weighted by molar-refractivity contribution is 6.31. The second kappa shape index (κ2) is 12.9. The molecule has 1 aliphatic rings. The smallest absolute Gasteiger partial charge is 0.341 e. The van der Waals surface area contributed by atoms with Gasteiger partial charge in [0, 0.05) is 17.1 Å². The Morgan fingerprint density at radius 2 is 1.81 bits per heavy atom. The normalized spacial score (nSPS) is 17.2. The van der Waals surface area contributed by atoms with Crippen LogP contribution >= 0.6 is 11.6 Å². The summed E-state index contributed by atoms with van der Waals surface area (Å²) in [4.78, 5) is 27.2. The zero-order valence-corrected chi connectivity index (χ0v) is 21.7. The number of rotatable bonds is 11. The van der Waals surface area contributed by atoms with Crippen LogP contribution in [0.1, 0.15) is 63.6 Å². The number of ketones is 1. The number of esters is 1. The molecule has 3 aromatic carbocycles. The summed E-state index contributed by atoms with van der Waals surface area (Å²) in [6.45, 7) is 1.54. The van der Waals surface area contributed by atoms with Crippen molar-refractivity contribution in [2.75, 3.05) is 20.2 Å². The van der Waals surface area contributed by atoms with Crippen LogP contribution in [0.15, 0.2) is 72.8 Å². The highest BCUT2D eigenvalue weighted by atomic mass is 35.5. The van der Waals surface area contributed by atoms with Crippen molar-refractivity contribution in [1.29, 1.82) is 0 Å². The van der Waals surface area contributed by atoms with Gasteiger partial charge in [-0.05, 0) is 67.6 Å². The maximum Gasteiger partial charge on any atom is 0.341 e. The van der Waals surface area contributed by atoms with Gasteiger partial charge in [0.1, 0.15) is 11.3 Å². The molecule has 2 unspecified atom stereocenters. The van der Waals surface area contributed by atoms with Crippen LogP contribution in [-0.2, 0) is 16.0 Å². The van der Waals surface area contributed by atoms with Crippen molar-refractivity contribution in [2.45, 2.75) is 44.4 Å². The fourth-order valence-electron chi connectivity index (χ4n) is 4.76.